The fourth-order valence-electron chi connectivity index (χ4n) is 10.9. The van der Waals surface area contributed by atoms with E-state index in [0.29, 0.717) is 19.3 Å². The Kier molecular flexibility index (Phi) is 54.2. The molecule has 11 nitrogen and oxygen atoms in total. The third-order valence-electron chi connectivity index (χ3n) is 16.4. The Labute approximate surface area is 486 Å². The van der Waals surface area contributed by atoms with E-state index in [1.54, 1.807) is 0 Å². The summed E-state index contributed by atoms with van der Waals surface area (Å²) in [6.07, 6.45) is 60.8. The largest absolute Gasteiger partial charge is 0.394 e. The van der Waals surface area contributed by atoms with Gasteiger partial charge in [-0.25, -0.2) is 0 Å². The van der Waals surface area contributed by atoms with E-state index in [0.717, 1.165) is 38.5 Å². The lowest BCUT2D eigenvalue weighted by molar-refractivity contribution is -0.303. The number of carbonyl (C=O) groups is 1. The third-order valence-corrected chi connectivity index (χ3v) is 16.4. The van der Waals surface area contributed by atoms with Crippen LogP contribution < -0.4 is 5.32 Å². The number of unbranched alkanes of at least 4 members (excludes halogenated alkanes) is 41. The molecule has 1 saturated heterocycles. The van der Waals surface area contributed by atoms with Gasteiger partial charge < -0.3 is 50.5 Å². The second kappa shape index (κ2) is 56.8. The van der Waals surface area contributed by atoms with Crippen molar-refractivity contribution in [3.63, 3.8) is 0 Å². The zero-order valence-electron chi connectivity index (χ0n) is 51.4. The van der Waals surface area contributed by atoms with Crippen LogP contribution in [0.1, 0.15) is 322 Å². The maximum atomic E-state index is 13.2. The average Bonchev–Trinajstić information content (AvgIpc) is 3.46. The van der Waals surface area contributed by atoms with Gasteiger partial charge in [0.05, 0.1) is 25.4 Å². The van der Waals surface area contributed by atoms with Crippen LogP contribution in [-0.2, 0) is 14.3 Å². The van der Waals surface area contributed by atoms with Crippen LogP contribution in [0.2, 0.25) is 0 Å². The fourth-order valence-corrected chi connectivity index (χ4v) is 10.9. The zero-order chi connectivity index (χ0) is 57.5. The lowest BCUT2D eigenvalue weighted by atomic mass is 9.98. The zero-order valence-corrected chi connectivity index (χ0v) is 51.4. The smallest absolute Gasteiger partial charge is 0.249 e. The summed E-state index contributed by atoms with van der Waals surface area (Å²) in [6, 6.07) is -1.19. The van der Waals surface area contributed by atoms with Crippen molar-refractivity contribution in [3.8, 4) is 0 Å². The second-order valence-electron chi connectivity index (χ2n) is 23.9. The number of rotatable bonds is 59. The molecule has 1 aliphatic rings. The monoisotopic (exact) mass is 1120 g/mol. The molecule has 1 aliphatic heterocycles. The van der Waals surface area contributed by atoms with Crippen LogP contribution in [0, 0.1) is 0 Å². The summed E-state index contributed by atoms with van der Waals surface area (Å²) < 4.78 is 11.2. The van der Waals surface area contributed by atoms with Gasteiger partial charge in [0.2, 0.25) is 5.91 Å². The van der Waals surface area contributed by atoms with Gasteiger partial charge >= 0.3 is 0 Å². The lowest BCUT2D eigenvalue weighted by Gasteiger charge is -2.40. The summed E-state index contributed by atoms with van der Waals surface area (Å²) in [6.45, 7) is 3.48. The molecule has 0 spiro atoms. The number of amides is 1. The molecule has 8 N–H and O–H groups in total. The van der Waals surface area contributed by atoms with E-state index >= 15 is 0 Å². The van der Waals surface area contributed by atoms with Crippen LogP contribution in [-0.4, -0.2) is 110 Å². The van der Waals surface area contributed by atoms with Gasteiger partial charge in [-0.15, -0.1) is 0 Å². The van der Waals surface area contributed by atoms with Gasteiger partial charge in [-0.05, 0) is 77.0 Å². The molecule has 0 aromatic rings. The summed E-state index contributed by atoms with van der Waals surface area (Å²) in [5.41, 5.74) is 0. The molecular formula is C68H129NO10. The SMILES string of the molecule is CCCCCCCCCCCCCC/C=C\CCCCCCCCCCCCCCC(O)C(=O)NC(COC1OC(CO)C(O)C(O)C1O)C(O)C(O)CCC/C=C/CC/C=C/CCCCCCCCCCCCCCCCC. The molecular weight excluding hydrogens is 991 g/mol. The maximum absolute atomic E-state index is 13.2. The Bertz CT molecular complexity index is 1380. The molecule has 1 fully saturated rings. The van der Waals surface area contributed by atoms with Crippen LogP contribution in [0.15, 0.2) is 36.5 Å². The first-order valence-electron chi connectivity index (χ1n) is 33.9. The Morgan fingerprint density at radius 3 is 1.13 bits per heavy atom. The molecule has 79 heavy (non-hydrogen) atoms. The highest BCUT2D eigenvalue weighted by molar-refractivity contribution is 5.80. The molecule has 466 valence electrons. The Balaban J connectivity index is 2.25. The molecule has 11 heteroatoms. The van der Waals surface area contributed by atoms with E-state index in [4.69, 9.17) is 9.47 Å². The Hall–Kier alpha value is -1.67. The molecule has 9 atom stereocenters. The third kappa shape index (κ3) is 44.5. The van der Waals surface area contributed by atoms with E-state index < -0.39 is 74.2 Å². The predicted molar refractivity (Wildman–Crippen MR) is 330 cm³/mol. The van der Waals surface area contributed by atoms with Gasteiger partial charge in [0.25, 0.3) is 0 Å². The van der Waals surface area contributed by atoms with Crippen molar-refractivity contribution in [1.82, 2.24) is 5.32 Å². The number of aliphatic hydroxyl groups is 7. The number of ether oxygens (including phenoxy) is 2. The topological polar surface area (TPSA) is 189 Å². The first-order valence-corrected chi connectivity index (χ1v) is 33.9. The van der Waals surface area contributed by atoms with Crippen molar-refractivity contribution in [1.29, 1.82) is 0 Å². The van der Waals surface area contributed by atoms with E-state index in [1.165, 1.54) is 238 Å². The molecule has 1 heterocycles. The Morgan fingerprint density at radius 1 is 0.430 bits per heavy atom. The minimum Gasteiger partial charge on any atom is -0.394 e. The first-order chi connectivity index (χ1) is 38.7. The summed E-state index contributed by atoms with van der Waals surface area (Å²) in [4.78, 5) is 13.2. The molecule has 0 saturated carbocycles. The number of carbonyl (C=O) groups excluding carboxylic acids is 1. The minimum absolute atomic E-state index is 0.247. The summed E-state index contributed by atoms with van der Waals surface area (Å²) >= 11 is 0. The standard InChI is InChI=1S/C68H129NO10/c1-3-5-7-9-11-13-15-17-19-21-23-25-27-29-30-31-32-34-36-38-40-42-44-46-48-50-52-54-56-61(72)67(77)69-59(58-78-68-66(76)65(75)64(74)62(57-70)79-68)63(73)60(71)55-53-51-49-47-45-43-41-39-37-35-33-28-26-24-22-20-18-16-14-12-10-8-6-4-2/h29-30,39,41,47,49,59-66,68,70-76H,3-28,31-38,40,42-46,48,50-58H2,1-2H3,(H,69,77)/b30-29-,41-39+,49-47+. The molecule has 0 radical (unpaired) electrons. The highest BCUT2D eigenvalue weighted by atomic mass is 16.7. The minimum atomic E-state index is -1.67. The van der Waals surface area contributed by atoms with Crippen molar-refractivity contribution < 1.29 is 50.0 Å². The van der Waals surface area contributed by atoms with Gasteiger partial charge in [-0.1, -0.05) is 281 Å². The fraction of sp³-hybridized carbons (Fsp3) is 0.897. The maximum Gasteiger partial charge on any atom is 0.249 e. The Morgan fingerprint density at radius 2 is 0.759 bits per heavy atom. The molecule has 0 aromatic heterocycles. The van der Waals surface area contributed by atoms with Crippen molar-refractivity contribution in [2.24, 2.45) is 0 Å². The van der Waals surface area contributed by atoms with Gasteiger partial charge in [-0.2, -0.15) is 0 Å². The van der Waals surface area contributed by atoms with E-state index in [-0.39, 0.29) is 12.8 Å². The quantitative estimate of drug-likeness (QED) is 0.0215. The van der Waals surface area contributed by atoms with Gasteiger partial charge in [0, 0.05) is 0 Å². The lowest BCUT2D eigenvalue weighted by Crippen LogP contribution is -2.60. The van der Waals surface area contributed by atoms with Crippen molar-refractivity contribution in [3.05, 3.63) is 36.5 Å². The molecule has 0 aliphatic carbocycles. The summed E-state index contributed by atoms with van der Waals surface area (Å²) in [5.74, 6) is -0.707. The molecule has 9 unspecified atom stereocenters. The first kappa shape index (κ1) is 75.3. The highest BCUT2D eigenvalue weighted by Gasteiger charge is 2.44. The van der Waals surface area contributed by atoms with Gasteiger partial charge in [0.15, 0.2) is 6.29 Å². The molecule has 0 aromatic carbocycles. The van der Waals surface area contributed by atoms with E-state index in [9.17, 15) is 40.5 Å². The van der Waals surface area contributed by atoms with Crippen LogP contribution in [0.25, 0.3) is 0 Å². The number of aliphatic hydroxyl groups excluding tert-OH is 7. The number of hydrogen-bond donors (Lipinski definition) is 8. The number of allylic oxidation sites excluding steroid dienone is 6. The normalized spacial score (nSPS) is 19.5. The molecule has 1 amide bonds. The van der Waals surface area contributed by atoms with Crippen LogP contribution in [0.3, 0.4) is 0 Å². The molecule has 1 rings (SSSR count). The summed E-state index contributed by atoms with van der Waals surface area (Å²) in [7, 11) is 0. The van der Waals surface area contributed by atoms with Crippen LogP contribution in [0.4, 0.5) is 0 Å². The van der Waals surface area contributed by atoms with Crippen molar-refractivity contribution >= 4 is 5.91 Å². The summed E-state index contributed by atoms with van der Waals surface area (Å²) in [5, 5.41) is 76.4. The van der Waals surface area contributed by atoms with Gasteiger partial charge in [0.1, 0.15) is 36.6 Å². The van der Waals surface area contributed by atoms with Crippen LogP contribution in [0.5, 0.6) is 0 Å². The number of nitrogens with one attached hydrogen (secondary N) is 1. The van der Waals surface area contributed by atoms with E-state index in [1.807, 2.05) is 0 Å². The highest BCUT2D eigenvalue weighted by Crippen LogP contribution is 2.24. The number of hydrogen-bond acceptors (Lipinski definition) is 10. The molecule has 0 bridgehead atoms. The van der Waals surface area contributed by atoms with Crippen molar-refractivity contribution in [2.75, 3.05) is 13.2 Å². The predicted octanol–water partition coefficient (Wildman–Crippen LogP) is 15.8. The van der Waals surface area contributed by atoms with Gasteiger partial charge in [-0.3, -0.25) is 4.79 Å². The van der Waals surface area contributed by atoms with E-state index in [2.05, 4.69) is 55.6 Å². The van der Waals surface area contributed by atoms with Crippen molar-refractivity contribution in [2.45, 2.75) is 377 Å². The average molecular weight is 1120 g/mol. The second-order valence-corrected chi connectivity index (χ2v) is 23.9. The van der Waals surface area contributed by atoms with Crippen LogP contribution >= 0.6 is 0 Å².